The van der Waals surface area contributed by atoms with E-state index in [1.807, 2.05) is 6.92 Å². The summed E-state index contributed by atoms with van der Waals surface area (Å²) in [7, 11) is 1.59. The fourth-order valence-corrected chi connectivity index (χ4v) is 0.617. The zero-order valence-corrected chi connectivity index (χ0v) is 6.24. The van der Waals surface area contributed by atoms with Crippen molar-refractivity contribution in [1.82, 2.24) is 0 Å². The molecule has 3 unspecified atom stereocenters. The molecule has 1 rings (SSSR count). The number of epoxide rings is 1. The van der Waals surface area contributed by atoms with Crippen molar-refractivity contribution >= 4 is 0 Å². The highest BCUT2D eigenvalue weighted by Crippen LogP contribution is 2.24. The van der Waals surface area contributed by atoms with Gasteiger partial charge in [0.25, 0.3) is 0 Å². The van der Waals surface area contributed by atoms with Crippen molar-refractivity contribution in [2.24, 2.45) is 0 Å². The average Bonchev–Trinajstić information content (AvgIpc) is 2.67. The maximum absolute atomic E-state index is 5.25. The van der Waals surface area contributed by atoms with Crippen LogP contribution in [-0.4, -0.2) is 25.8 Å². The van der Waals surface area contributed by atoms with Gasteiger partial charge in [0.2, 0.25) is 12.6 Å². The second kappa shape index (κ2) is 3.14. The van der Waals surface area contributed by atoms with Gasteiger partial charge in [-0.3, -0.25) is 0 Å². The molecule has 3 atom stereocenters. The van der Waals surface area contributed by atoms with Gasteiger partial charge in [0.15, 0.2) is 0 Å². The first-order chi connectivity index (χ1) is 4.77. The summed E-state index contributed by atoms with van der Waals surface area (Å²) in [5, 5.41) is 0. The zero-order chi connectivity index (χ0) is 7.56. The quantitative estimate of drug-likeness (QED) is 0.434. The predicted octanol–water partition coefficient (Wildman–Crippen LogP) is 0.906. The summed E-state index contributed by atoms with van der Waals surface area (Å²) in [6, 6.07) is 0. The minimum atomic E-state index is -0.182. The summed E-state index contributed by atoms with van der Waals surface area (Å²) in [6.07, 6.45) is 1.40. The second-order valence-corrected chi connectivity index (χ2v) is 2.19. The zero-order valence-electron chi connectivity index (χ0n) is 6.24. The summed E-state index contributed by atoms with van der Waals surface area (Å²) in [5.74, 6) is 0. The summed E-state index contributed by atoms with van der Waals surface area (Å²) in [4.78, 5) is 0. The third kappa shape index (κ3) is 1.80. The summed E-state index contributed by atoms with van der Waals surface area (Å²) in [5.41, 5.74) is 0. The van der Waals surface area contributed by atoms with Crippen molar-refractivity contribution in [3.63, 3.8) is 0 Å². The van der Waals surface area contributed by atoms with E-state index < -0.39 is 0 Å². The van der Waals surface area contributed by atoms with Crippen molar-refractivity contribution in [3.8, 4) is 0 Å². The Bertz CT molecular complexity index is 124. The lowest BCUT2D eigenvalue weighted by Crippen LogP contribution is -2.09. The number of ether oxygens (including phenoxy) is 3. The van der Waals surface area contributed by atoms with Crippen LogP contribution in [0.4, 0.5) is 0 Å². The molecular formula is C7H12O3. The van der Waals surface area contributed by atoms with Crippen LogP contribution in [0.25, 0.3) is 0 Å². The fraction of sp³-hybridized carbons (Fsp3) is 0.714. The van der Waals surface area contributed by atoms with E-state index in [1.165, 1.54) is 0 Å². The fourth-order valence-electron chi connectivity index (χ4n) is 0.617. The van der Waals surface area contributed by atoms with Crippen LogP contribution >= 0.6 is 0 Å². The highest BCUT2D eigenvalue weighted by Gasteiger charge is 2.41. The van der Waals surface area contributed by atoms with E-state index in [1.54, 1.807) is 13.2 Å². The van der Waals surface area contributed by atoms with Crippen LogP contribution in [0.3, 0.4) is 0 Å². The van der Waals surface area contributed by atoms with Crippen LogP contribution in [-0.2, 0) is 14.2 Å². The highest BCUT2D eigenvalue weighted by atomic mass is 16.9. The normalized spacial score (nSPS) is 33.4. The molecule has 0 aromatic rings. The van der Waals surface area contributed by atoms with Crippen molar-refractivity contribution in [2.75, 3.05) is 7.11 Å². The standard InChI is InChI=1S/C7H12O3/c1-4-5(2)9-7-6(8-3)10-7/h4-7H,1H2,2-3H3. The lowest BCUT2D eigenvalue weighted by Gasteiger charge is -2.02. The van der Waals surface area contributed by atoms with Crippen LogP contribution in [0.2, 0.25) is 0 Å². The van der Waals surface area contributed by atoms with Crippen molar-refractivity contribution in [3.05, 3.63) is 12.7 Å². The number of methoxy groups -OCH3 is 1. The maximum Gasteiger partial charge on any atom is 0.212 e. The third-order valence-corrected chi connectivity index (χ3v) is 1.33. The minimum absolute atomic E-state index is 0.0325. The monoisotopic (exact) mass is 144 g/mol. The van der Waals surface area contributed by atoms with E-state index in [4.69, 9.17) is 14.2 Å². The van der Waals surface area contributed by atoms with Gasteiger partial charge in [-0.1, -0.05) is 6.08 Å². The molecule has 1 saturated heterocycles. The Morgan fingerprint density at radius 1 is 1.60 bits per heavy atom. The first kappa shape index (κ1) is 7.72. The van der Waals surface area contributed by atoms with Gasteiger partial charge in [0.1, 0.15) is 0 Å². The van der Waals surface area contributed by atoms with Crippen LogP contribution in [0.15, 0.2) is 12.7 Å². The molecule has 0 spiro atoms. The molecule has 3 heteroatoms. The van der Waals surface area contributed by atoms with Gasteiger partial charge in [-0.25, -0.2) is 0 Å². The minimum Gasteiger partial charge on any atom is -0.351 e. The van der Waals surface area contributed by atoms with Crippen LogP contribution in [0.1, 0.15) is 6.92 Å². The smallest absolute Gasteiger partial charge is 0.212 e. The summed E-state index contributed by atoms with van der Waals surface area (Å²) in [6.45, 7) is 5.48. The van der Waals surface area contributed by atoms with E-state index in [-0.39, 0.29) is 18.7 Å². The van der Waals surface area contributed by atoms with E-state index in [0.29, 0.717) is 0 Å². The number of hydrogen-bond donors (Lipinski definition) is 0. The Morgan fingerprint density at radius 3 is 2.70 bits per heavy atom. The Morgan fingerprint density at radius 2 is 2.30 bits per heavy atom. The second-order valence-electron chi connectivity index (χ2n) is 2.19. The molecule has 1 aliphatic heterocycles. The summed E-state index contributed by atoms with van der Waals surface area (Å²) < 4.78 is 15.0. The van der Waals surface area contributed by atoms with Gasteiger partial charge in [-0.15, -0.1) is 6.58 Å². The van der Waals surface area contributed by atoms with Gasteiger partial charge in [0.05, 0.1) is 6.10 Å². The van der Waals surface area contributed by atoms with E-state index in [0.717, 1.165) is 0 Å². The largest absolute Gasteiger partial charge is 0.351 e. The molecule has 1 aliphatic rings. The first-order valence-electron chi connectivity index (χ1n) is 3.24. The molecule has 0 bridgehead atoms. The maximum atomic E-state index is 5.25. The Balaban J connectivity index is 2.11. The SMILES string of the molecule is C=CC(C)OC1OC1OC. The molecule has 10 heavy (non-hydrogen) atoms. The van der Waals surface area contributed by atoms with Crippen molar-refractivity contribution in [1.29, 1.82) is 0 Å². The van der Waals surface area contributed by atoms with Crippen molar-refractivity contribution in [2.45, 2.75) is 25.6 Å². The van der Waals surface area contributed by atoms with Gasteiger partial charge < -0.3 is 14.2 Å². The van der Waals surface area contributed by atoms with Crippen LogP contribution in [0, 0.1) is 0 Å². The molecule has 3 nitrogen and oxygen atoms in total. The molecule has 58 valence electrons. The Hall–Kier alpha value is -0.380. The molecule has 0 aromatic heterocycles. The van der Waals surface area contributed by atoms with Gasteiger partial charge in [-0.2, -0.15) is 0 Å². The molecule has 1 heterocycles. The highest BCUT2D eigenvalue weighted by molar-refractivity contribution is 4.78. The van der Waals surface area contributed by atoms with Gasteiger partial charge in [0, 0.05) is 7.11 Å². The van der Waals surface area contributed by atoms with E-state index >= 15 is 0 Å². The number of hydrogen-bond acceptors (Lipinski definition) is 3. The Kier molecular flexibility index (Phi) is 2.43. The molecule has 0 N–H and O–H groups in total. The lowest BCUT2D eigenvalue weighted by molar-refractivity contribution is 0.0207. The van der Waals surface area contributed by atoms with E-state index in [2.05, 4.69) is 6.58 Å². The average molecular weight is 144 g/mol. The topological polar surface area (TPSA) is 31.0 Å². The molecule has 0 radical (unpaired) electrons. The predicted molar refractivity (Wildman–Crippen MR) is 36.4 cm³/mol. The molecule has 0 aromatic carbocycles. The molecule has 0 aliphatic carbocycles. The third-order valence-electron chi connectivity index (χ3n) is 1.33. The molecular weight excluding hydrogens is 132 g/mol. The lowest BCUT2D eigenvalue weighted by atomic mass is 10.4. The molecule has 0 saturated carbocycles. The van der Waals surface area contributed by atoms with E-state index in [9.17, 15) is 0 Å². The Labute approximate surface area is 60.6 Å². The van der Waals surface area contributed by atoms with Crippen LogP contribution < -0.4 is 0 Å². The van der Waals surface area contributed by atoms with Gasteiger partial charge >= 0.3 is 0 Å². The van der Waals surface area contributed by atoms with Gasteiger partial charge in [-0.05, 0) is 6.92 Å². The molecule has 1 fully saturated rings. The van der Waals surface area contributed by atoms with Crippen LogP contribution in [0.5, 0.6) is 0 Å². The number of rotatable bonds is 4. The summed E-state index contributed by atoms with van der Waals surface area (Å²) >= 11 is 0. The van der Waals surface area contributed by atoms with Crippen molar-refractivity contribution < 1.29 is 14.2 Å². The first-order valence-corrected chi connectivity index (χ1v) is 3.24. The molecule has 0 amide bonds.